The van der Waals surface area contributed by atoms with Crippen molar-refractivity contribution in [3.8, 4) is 0 Å². The Morgan fingerprint density at radius 2 is 1.78 bits per heavy atom. The van der Waals surface area contributed by atoms with Crippen LogP contribution in [0, 0.1) is 0 Å². The van der Waals surface area contributed by atoms with Gasteiger partial charge in [0.15, 0.2) is 0 Å². The average molecular weight is 431 g/mol. The Labute approximate surface area is 162 Å². The SMILES string of the molecule is CCOC(=O)CNC(=O)[C@H](CS)NC(=O)CC[C@H](N)C(=O)O.CS(=O)(=O)O. The second-order valence-electron chi connectivity index (χ2n) is 5.04. The molecule has 0 aliphatic carbocycles. The number of nitrogens with one attached hydrogen (secondary N) is 2. The summed E-state index contributed by atoms with van der Waals surface area (Å²) in [4.78, 5) is 45.0. The Bertz CT molecular complexity index is 602. The molecule has 158 valence electrons. The van der Waals surface area contributed by atoms with E-state index in [1.807, 2.05) is 0 Å². The van der Waals surface area contributed by atoms with Crippen molar-refractivity contribution in [3.05, 3.63) is 0 Å². The highest BCUT2D eigenvalue weighted by Crippen LogP contribution is 1.97. The summed E-state index contributed by atoms with van der Waals surface area (Å²) in [5.74, 6) is -2.88. The summed E-state index contributed by atoms with van der Waals surface area (Å²) < 4.78 is 30.5. The molecule has 0 spiro atoms. The van der Waals surface area contributed by atoms with Crippen molar-refractivity contribution in [1.29, 1.82) is 0 Å². The highest BCUT2D eigenvalue weighted by molar-refractivity contribution is 7.85. The molecule has 0 rings (SSSR count). The highest BCUT2D eigenvalue weighted by atomic mass is 32.2. The molecule has 0 saturated heterocycles. The predicted octanol–water partition coefficient (Wildman–Crippen LogP) is -2.22. The first-order valence-corrected chi connectivity index (χ1v) is 10.0. The number of esters is 1. The van der Waals surface area contributed by atoms with Crippen molar-refractivity contribution in [2.75, 3.05) is 25.2 Å². The molecule has 6 N–H and O–H groups in total. The third-order valence-corrected chi connectivity index (χ3v) is 2.91. The summed E-state index contributed by atoms with van der Waals surface area (Å²) in [6.45, 7) is 1.53. The zero-order chi connectivity index (χ0) is 21.6. The molecule has 0 aromatic rings. The first-order chi connectivity index (χ1) is 12.3. The summed E-state index contributed by atoms with van der Waals surface area (Å²) in [7, 11) is -3.67. The molecule has 27 heavy (non-hydrogen) atoms. The topological polar surface area (TPSA) is 202 Å². The third-order valence-electron chi connectivity index (χ3n) is 2.55. The lowest BCUT2D eigenvalue weighted by Crippen LogP contribution is -2.49. The molecule has 0 aromatic heterocycles. The lowest BCUT2D eigenvalue weighted by molar-refractivity contribution is -0.143. The molecule has 0 heterocycles. The molecular weight excluding hydrogens is 406 g/mol. The number of ether oxygens (including phenoxy) is 1. The number of hydrogen-bond donors (Lipinski definition) is 6. The molecule has 0 bridgehead atoms. The van der Waals surface area contributed by atoms with Gasteiger partial charge in [-0.05, 0) is 13.3 Å². The van der Waals surface area contributed by atoms with E-state index in [0.717, 1.165) is 0 Å². The minimum atomic E-state index is -3.67. The molecule has 0 saturated carbocycles. The van der Waals surface area contributed by atoms with Gasteiger partial charge in [0, 0.05) is 12.2 Å². The van der Waals surface area contributed by atoms with Crippen molar-refractivity contribution in [2.45, 2.75) is 31.8 Å². The molecule has 0 aromatic carbocycles. The number of thiol groups is 1. The van der Waals surface area contributed by atoms with Crippen molar-refractivity contribution < 1.29 is 42.0 Å². The smallest absolute Gasteiger partial charge is 0.325 e. The van der Waals surface area contributed by atoms with E-state index in [2.05, 4.69) is 28.0 Å². The van der Waals surface area contributed by atoms with E-state index < -0.39 is 46.0 Å². The number of nitrogens with two attached hydrogens (primary N) is 1. The Balaban J connectivity index is 0. The van der Waals surface area contributed by atoms with E-state index in [9.17, 15) is 27.6 Å². The van der Waals surface area contributed by atoms with Gasteiger partial charge in [-0.3, -0.25) is 23.7 Å². The number of aliphatic carboxylic acids is 1. The standard InChI is InChI=1S/C12H21N3O6S.CH4O3S/c1-2-21-10(17)5-14-11(18)8(6-22)15-9(16)4-3-7(13)12(19)20;1-5(2,3)4/h7-8,22H,2-6,13H2,1H3,(H,14,18)(H,15,16)(H,19,20);1H3,(H,2,3,4)/t7-,8-;/m0./s1. The van der Waals surface area contributed by atoms with E-state index in [-0.39, 0.29) is 31.7 Å². The Morgan fingerprint density at radius 3 is 2.19 bits per heavy atom. The van der Waals surface area contributed by atoms with Gasteiger partial charge >= 0.3 is 11.9 Å². The maximum absolute atomic E-state index is 11.8. The van der Waals surface area contributed by atoms with Crippen molar-refractivity contribution in [1.82, 2.24) is 10.6 Å². The van der Waals surface area contributed by atoms with Crippen LogP contribution in [-0.4, -0.2) is 79.1 Å². The monoisotopic (exact) mass is 431 g/mol. The molecule has 14 heteroatoms. The van der Waals surface area contributed by atoms with Crippen LogP contribution in [0.25, 0.3) is 0 Å². The number of carbonyl (C=O) groups excluding carboxylic acids is 3. The molecule has 0 aliphatic heterocycles. The average Bonchev–Trinajstić information content (AvgIpc) is 2.53. The van der Waals surface area contributed by atoms with Crippen LogP contribution in [0.5, 0.6) is 0 Å². The lowest BCUT2D eigenvalue weighted by atomic mass is 10.1. The van der Waals surface area contributed by atoms with Crippen LogP contribution in [0.1, 0.15) is 19.8 Å². The van der Waals surface area contributed by atoms with E-state index in [4.69, 9.17) is 15.4 Å². The molecule has 0 radical (unpaired) electrons. The van der Waals surface area contributed by atoms with E-state index in [1.54, 1.807) is 6.92 Å². The molecule has 2 amide bonds. The highest BCUT2D eigenvalue weighted by Gasteiger charge is 2.21. The summed E-state index contributed by atoms with van der Waals surface area (Å²) in [6.07, 6.45) is 0.529. The van der Waals surface area contributed by atoms with Crippen LogP contribution in [0.2, 0.25) is 0 Å². The summed E-state index contributed by atoms with van der Waals surface area (Å²) >= 11 is 3.95. The van der Waals surface area contributed by atoms with Gasteiger partial charge in [0.2, 0.25) is 11.8 Å². The van der Waals surface area contributed by atoms with Crippen molar-refractivity contribution in [2.24, 2.45) is 5.73 Å². The van der Waals surface area contributed by atoms with Gasteiger partial charge in [-0.2, -0.15) is 21.0 Å². The molecular formula is C13H25N3O9S2. The zero-order valence-electron chi connectivity index (χ0n) is 14.9. The second-order valence-corrected chi connectivity index (χ2v) is 6.87. The minimum absolute atomic E-state index is 0.0192. The van der Waals surface area contributed by atoms with Crippen molar-refractivity contribution in [3.63, 3.8) is 0 Å². The normalized spacial score (nSPS) is 12.6. The van der Waals surface area contributed by atoms with Crippen LogP contribution < -0.4 is 16.4 Å². The van der Waals surface area contributed by atoms with E-state index >= 15 is 0 Å². The fourth-order valence-corrected chi connectivity index (χ4v) is 1.62. The van der Waals surface area contributed by atoms with Gasteiger partial charge in [0.25, 0.3) is 10.1 Å². The number of carbonyl (C=O) groups is 4. The van der Waals surface area contributed by atoms with Crippen molar-refractivity contribution >= 4 is 46.5 Å². The fraction of sp³-hybridized carbons (Fsp3) is 0.692. The van der Waals surface area contributed by atoms with E-state index in [0.29, 0.717) is 6.26 Å². The van der Waals surface area contributed by atoms with Gasteiger partial charge in [0.1, 0.15) is 18.6 Å². The van der Waals surface area contributed by atoms with Crippen LogP contribution in [-0.2, 0) is 34.0 Å². The molecule has 12 nitrogen and oxygen atoms in total. The van der Waals surface area contributed by atoms with Gasteiger partial charge in [-0.25, -0.2) is 0 Å². The van der Waals surface area contributed by atoms with Crippen LogP contribution >= 0.6 is 12.6 Å². The number of amides is 2. The summed E-state index contributed by atoms with van der Waals surface area (Å²) in [6, 6.07) is -2.08. The molecule has 0 unspecified atom stereocenters. The number of hydrogen-bond acceptors (Lipinski definition) is 9. The number of carboxylic acid groups (broad SMARTS) is 1. The first kappa shape index (κ1) is 27.3. The minimum Gasteiger partial charge on any atom is -0.480 e. The van der Waals surface area contributed by atoms with Gasteiger partial charge in [-0.15, -0.1) is 0 Å². The summed E-state index contributed by atoms with van der Waals surface area (Å²) in [5.41, 5.74) is 5.27. The van der Waals surface area contributed by atoms with Crippen LogP contribution in [0.3, 0.4) is 0 Å². The van der Waals surface area contributed by atoms with Gasteiger partial charge < -0.3 is 26.2 Å². The van der Waals surface area contributed by atoms with E-state index in [1.165, 1.54) is 0 Å². The summed E-state index contributed by atoms with van der Waals surface area (Å²) in [5, 5.41) is 13.3. The number of rotatable bonds is 10. The van der Waals surface area contributed by atoms with Gasteiger partial charge in [0.05, 0.1) is 12.9 Å². The lowest BCUT2D eigenvalue weighted by Gasteiger charge is -2.16. The third kappa shape index (κ3) is 18.7. The Morgan fingerprint density at radius 1 is 1.26 bits per heavy atom. The molecule has 0 aliphatic rings. The largest absolute Gasteiger partial charge is 0.480 e. The maximum Gasteiger partial charge on any atom is 0.325 e. The molecule has 2 atom stereocenters. The second kappa shape index (κ2) is 14.2. The first-order valence-electron chi connectivity index (χ1n) is 7.56. The Kier molecular flexibility index (Phi) is 14.4. The van der Waals surface area contributed by atoms with Crippen LogP contribution in [0.15, 0.2) is 0 Å². The van der Waals surface area contributed by atoms with Gasteiger partial charge in [-0.1, -0.05) is 0 Å². The Hall–Kier alpha value is -1.90. The van der Waals surface area contributed by atoms with Crippen LogP contribution in [0.4, 0.5) is 0 Å². The predicted molar refractivity (Wildman–Crippen MR) is 97.7 cm³/mol. The fourth-order valence-electron chi connectivity index (χ4n) is 1.37. The zero-order valence-corrected chi connectivity index (χ0v) is 16.6. The quantitative estimate of drug-likeness (QED) is 0.125. The molecule has 0 fully saturated rings. The maximum atomic E-state index is 11.8. The number of carboxylic acids is 1.